The van der Waals surface area contributed by atoms with E-state index >= 15 is 0 Å². The molecule has 3 heterocycles. The zero-order chi connectivity index (χ0) is 18.3. The first-order valence-electron chi connectivity index (χ1n) is 7.29. The predicted molar refractivity (Wildman–Crippen MR) is 80.5 cm³/mol. The quantitative estimate of drug-likeness (QED) is 0.534. The van der Waals surface area contributed by atoms with Crippen molar-refractivity contribution in [1.82, 2.24) is 20.1 Å². The van der Waals surface area contributed by atoms with Gasteiger partial charge < -0.3 is 13.4 Å². The Hall–Kier alpha value is -3.43. The molecule has 0 N–H and O–H groups in total. The van der Waals surface area contributed by atoms with Crippen LogP contribution in [0.1, 0.15) is 11.3 Å². The zero-order valence-electron chi connectivity index (χ0n) is 13.1. The molecular weight excluding hydrogens is 353 g/mol. The van der Waals surface area contributed by atoms with Crippen LogP contribution >= 0.6 is 0 Å². The van der Waals surface area contributed by atoms with E-state index in [1.54, 1.807) is 6.92 Å². The minimum absolute atomic E-state index is 0.0589. The van der Waals surface area contributed by atoms with E-state index in [2.05, 4.69) is 20.1 Å². The Kier molecular flexibility index (Phi) is 3.60. The highest BCUT2D eigenvalue weighted by molar-refractivity contribution is 5.73. The van der Waals surface area contributed by atoms with Crippen LogP contribution in [0.3, 0.4) is 0 Å². The summed E-state index contributed by atoms with van der Waals surface area (Å²) in [5, 5.41) is 3.80. The summed E-state index contributed by atoms with van der Waals surface area (Å²) in [6.45, 7) is 1.68. The van der Waals surface area contributed by atoms with Crippen LogP contribution in [0.25, 0.3) is 34.4 Å². The van der Waals surface area contributed by atoms with Crippen molar-refractivity contribution < 1.29 is 26.5 Å². The minimum Gasteiger partial charge on any atom is -0.448 e. The van der Waals surface area contributed by atoms with Crippen LogP contribution < -0.4 is 0 Å². The number of oxazole rings is 2. The molecule has 4 aromatic rings. The molecule has 0 saturated carbocycles. The molecule has 3 aromatic heterocycles. The van der Waals surface area contributed by atoms with Crippen LogP contribution in [0.15, 0.2) is 50.4 Å². The fourth-order valence-corrected chi connectivity index (χ4v) is 2.37. The monoisotopic (exact) mass is 362 g/mol. The van der Waals surface area contributed by atoms with Gasteiger partial charge in [-0.15, -0.1) is 0 Å². The summed E-state index contributed by atoms with van der Waals surface area (Å²) in [6.07, 6.45) is -2.14. The molecule has 26 heavy (non-hydrogen) atoms. The Balaban J connectivity index is 1.75. The van der Waals surface area contributed by atoms with Gasteiger partial charge in [0.1, 0.15) is 5.76 Å². The highest BCUT2D eigenvalue weighted by atomic mass is 19.4. The van der Waals surface area contributed by atoms with Crippen LogP contribution in [-0.4, -0.2) is 20.1 Å². The molecule has 0 aliphatic heterocycles. The predicted octanol–water partition coefficient (Wildman–Crippen LogP) is 4.37. The van der Waals surface area contributed by atoms with Crippen molar-refractivity contribution in [3.63, 3.8) is 0 Å². The van der Waals surface area contributed by atoms with Crippen LogP contribution in [0, 0.1) is 6.92 Å². The Morgan fingerprint density at radius 2 is 1.77 bits per heavy atom. The van der Waals surface area contributed by atoms with Crippen molar-refractivity contribution in [3.05, 3.63) is 48.4 Å². The Labute approximate surface area is 143 Å². The lowest BCUT2D eigenvalue weighted by Gasteiger charge is -2.07. The maximum absolute atomic E-state index is 12.9. The molecule has 1 aromatic carbocycles. The van der Waals surface area contributed by atoms with Gasteiger partial charge in [0.05, 0.1) is 5.56 Å². The second-order valence-corrected chi connectivity index (χ2v) is 5.29. The molecule has 0 saturated heterocycles. The van der Waals surface area contributed by atoms with Crippen molar-refractivity contribution in [3.8, 4) is 34.4 Å². The van der Waals surface area contributed by atoms with Crippen molar-refractivity contribution in [2.24, 2.45) is 0 Å². The molecule has 0 atom stereocenters. The standard InChI is InChI=1S/C16H9F3N4O3/c1-8-11(20-6-24-8)15-22-14(23-26-15)12-13(25-7-21-12)9-3-2-4-10(5-9)16(17,18)19/h2-7H,1H3. The first-order valence-corrected chi connectivity index (χ1v) is 7.29. The molecular formula is C16H9F3N4O3. The van der Waals surface area contributed by atoms with Gasteiger partial charge in [0.25, 0.3) is 5.89 Å². The van der Waals surface area contributed by atoms with Crippen LogP contribution in [-0.2, 0) is 6.18 Å². The van der Waals surface area contributed by atoms with Crippen LogP contribution in [0.4, 0.5) is 13.2 Å². The third-order valence-corrected chi connectivity index (χ3v) is 3.60. The summed E-state index contributed by atoms with van der Waals surface area (Å²) in [7, 11) is 0. The number of rotatable bonds is 3. The van der Waals surface area contributed by atoms with Gasteiger partial charge in [0, 0.05) is 5.56 Å². The van der Waals surface area contributed by atoms with Gasteiger partial charge in [-0.3, -0.25) is 0 Å². The van der Waals surface area contributed by atoms with Gasteiger partial charge >= 0.3 is 6.18 Å². The first-order chi connectivity index (χ1) is 12.4. The summed E-state index contributed by atoms with van der Waals surface area (Å²) >= 11 is 0. The summed E-state index contributed by atoms with van der Waals surface area (Å²) in [5.74, 6) is 0.742. The second-order valence-electron chi connectivity index (χ2n) is 5.29. The van der Waals surface area contributed by atoms with Crippen LogP contribution in [0.5, 0.6) is 0 Å². The van der Waals surface area contributed by atoms with Gasteiger partial charge in [-0.05, 0) is 19.1 Å². The molecule has 0 aliphatic carbocycles. The average molecular weight is 362 g/mol. The smallest absolute Gasteiger partial charge is 0.416 e. The number of benzene rings is 1. The van der Waals surface area contributed by atoms with Crippen molar-refractivity contribution in [1.29, 1.82) is 0 Å². The normalized spacial score (nSPS) is 11.8. The Morgan fingerprint density at radius 1 is 1.00 bits per heavy atom. The SMILES string of the molecule is Cc1ocnc1-c1nc(-c2ncoc2-c2cccc(C(F)(F)F)c2)no1. The third-order valence-electron chi connectivity index (χ3n) is 3.60. The van der Waals surface area contributed by atoms with Crippen molar-refractivity contribution in [2.45, 2.75) is 13.1 Å². The highest BCUT2D eigenvalue weighted by Gasteiger charge is 2.31. The van der Waals surface area contributed by atoms with Gasteiger partial charge in [-0.1, -0.05) is 17.3 Å². The molecule has 7 nitrogen and oxygen atoms in total. The molecule has 132 valence electrons. The van der Waals surface area contributed by atoms with Gasteiger partial charge in [0.15, 0.2) is 29.9 Å². The van der Waals surface area contributed by atoms with E-state index in [4.69, 9.17) is 13.4 Å². The second kappa shape index (κ2) is 5.83. The van der Waals surface area contributed by atoms with E-state index in [0.29, 0.717) is 11.5 Å². The van der Waals surface area contributed by atoms with Gasteiger partial charge in [-0.25, -0.2) is 9.97 Å². The Morgan fingerprint density at radius 3 is 2.50 bits per heavy atom. The average Bonchev–Trinajstić information content (AvgIpc) is 3.33. The molecule has 0 unspecified atom stereocenters. The fraction of sp³-hybridized carbons (Fsp3) is 0.125. The van der Waals surface area contributed by atoms with Crippen LogP contribution in [0.2, 0.25) is 0 Å². The maximum atomic E-state index is 12.9. The van der Waals surface area contributed by atoms with Crippen molar-refractivity contribution >= 4 is 0 Å². The molecule has 0 spiro atoms. The minimum atomic E-state index is -4.47. The Bertz CT molecular complexity index is 1060. The molecule has 0 aliphatic rings. The molecule has 0 radical (unpaired) electrons. The summed E-state index contributed by atoms with van der Waals surface area (Å²) in [6, 6.07) is 4.69. The number of alkyl halides is 3. The number of hydrogen-bond acceptors (Lipinski definition) is 7. The van der Waals surface area contributed by atoms with E-state index in [1.165, 1.54) is 18.5 Å². The molecule has 0 fully saturated rings. The third kappa shape index (κ3) is 2.75. The first kappa shape index (κ1) is 16.1. The van der Waals surface area contributed by atoms with Crippen molar-refractivity contribution in [2.75, 3.05) is 0 Å². The molecule has 0 bridgehead atoms. The number of aryl methyl sites for hydroxylation is 1. The summed E-state index contributed by atoms with van der Waals surface area (Å²) in [5.41, 5.74) is -0.0889. The highest BCUT2D eigenvalue weighted by Crippen LogP contribution is 2.35. The lowest BCUT2D eigenvalue weighted by atomic mass is 10.1. The summed E-state index contributed by atoms with van der Waals surface area (Å²) < 4.78 is 54.3. The number of nitrogens with zero attached hydrogens (tertiary/aromatic N) is 4. The van der Waals surface area contributed by atoms with E-state index < -0.39 is 11.7 Å². The largest absolute Gasteiger partial charge is 0.448 e. The number of hydrogen-bond donors (Lipinski definition) is 0. The van der Waals surface area contributed by atoms with E-state index in [9.17, 15) is 13.2 Å². The molecule has 0 amide bonds. The topological polar surface area (TPSA) is 91.0 Å². The number of aromatic nitrogens is 4. The zero-order valence-corrected chi connectivity index (χ0v) is 13.1. The van der Waals surface area contributed by atoms with Gasteiger partial charge in [-0.2, -0.15) is 18.2 Å². The van der Waals surface area contributed by atoms with E-state index in [-0.39, 0.29) is 28.7 Å². The molecule has 4 rings (SSSR count). The lowest BCUT2D eigenvalue weighted by molar-refractivity contribution is -0.137. The van der Waals surface area contributed by atoms with E-state index in [1.807, 2.05) is 0 Å². The van der Waals surface area contributed by atoms with E-state index in [0.717, 1.165) is 18.5 Å². The fourth-order valence-electron chi connectivity index (χ4n) is 2.37. The lowest BCUT2D eigenvalue weighted by Crippen LogP contribution is -2.04. The van der Waals surface area contributed by atoms with Gasteiger partial charge in [0.2, 0.25) is 5.82 Å². The summed E-state index contributed by atoms with van der Waals surface area (Å²) in [4.78, 5) is 12.1. The number of halogens is 3. The molecule has 10 heteroatoms. The maximum Gasteiger partial charge on any atom is 0.416 e.